The second-order valence-electron chi connectivity index (χ2n) is 7.19. The van der Waals surface area contributed by atoms with Gasteiger partial charge in [0.2, 0.25) is 0 Å². The average Bonchev–Trinajstić information content (AvgIpc) is 3.04. The van der Waals surface area contributed by atoms with Crippen LogP contribution in [0.5, 0.6) is 5.75 Å². The van der Waals surface area contributed by atoms with Crippen LogP contribution in [0.3, 0.4) is 0 Å². The summed E-state index contributed by atoms with van der Waals surface area (Å²) in [6, 6.07) is 4.14. The minimum Gasteiger partial charge on any atom is -0.491 e. The van der Waals surface area contributed by atoms with Gasteiger partial charge in [-0.3, -0.25) is 9.88 Å². The molecule has 0 aliphatic carbocycles. The molecule has 0 unspecified atom stereocenters. The number of nitrogens with zero attached hydrogens (tertiary/aromatic N) is 3. The van der Waals surface area contributed by atoms with Gasteiger partial charge in [0.25, 0.3) is 0 Å². The van der Waals surface area contributed by atoms with Crippen molar-refractivity contribution in [1.29, 1.82) is 0 Å². The molecule has 4 nitrogen and oxygen atoms in total. The third-order valence-electron chi connectivity index (χ3n) is 5.11. The Kier molecular flexibility index (Phi) is 16.4. The molecule has 0 N–H and O–H groups in total. The number of aromatic nitrogens is 1. The van der Waals surface area contributed by atoms with Gasteiger partial charge in [-0.25, -0.2) is 0 Å². The molecule has 0 saturated carbocycles. The first kappa shape index (κ1) is 27.5. The smallest absolute Gasteiger partial charge is 0.137 e. The van der Waals surface area contributed by atoms with E-state index in [1.54, 1.807) is 0 Å². The number of likely N-dealkylation sites (tertiary alicyclic amines) is 1. The Bertz CT molecular complexity index is 528. The third kappa shape index (κ3) is 11.3. The van der Waals surface area contributed by atoms with E-state index in [4.69, 9.17) is 4.74 Å². The molecule has 29 heavy (non-hydrogen) atoms. The van der Waals surface area contributed by atoms with Gasteiger partial charge in [-0.1, -0.05) is 46.1 Å². The Morgan fingerprint density at radius 1 is 1.00 bits per heavy atom. The fourth-order valence-corrected chi connectivity index (χ4v) is 3.22. The Labute approximate surface area is 181 Å². The lowest BCUT2D eigenvalue weighted by Gasteiger charge is -2.24. The first-order valence-corrected chi connectivity index (χ1v) is 11.8. The molecule has 1 fully saturated rings. The van der Waals surface area contributed by atoms with Gasteiger partial charge in [0.15, 0.2) is 0 Å². The van der Waals surface area contributed by atoms with Crippen molar-refractivity contribution in [3.63, 3.8) is 0 Å². The molecule has 1 aromatic heterocycles. The molecular weight excluding hydrogens is 358 g/mol. The van der Waals surface area contributed by atoms with E-state index in [1.807, 2.05) is 33.9 Å². The van der Waals surface area contributed by atoms with Crippen molar-refractivity contribution in [1.82, 2.24) is 14.8 Å². The van der Waals surface area contributed by atoms with Gasteiger partial charge in [0, 0.05) is 18.8 Å². The zero-order valence-corrected chi connectivity index (χ0v) is 20.6. The molecule has 2 heterocycles. The summed E-state index contributed by atoms with van der Waals surface area (Å²) in [5.74, 6) is 0.876. The fourth-order valence-electron chi connectivity index (χ4n) is 3.22. The van der Waals surface area contributed by atoms with E-state index in [1.165, 1.54) is 50.0 Å². The molecule has 0 aromatic carbocycles. The third-order valence-corrected chi connectivity index (χ3v) is 5.11. The van der Waals surface area contributed by atoms with Gasteiger partial charge in [-0.05, 0) is 65.8 Å². The van der Waals surface area contributed by atoms with Crippen molar-refractivity contribution in [2.75, 3.05) is 32.8 Å². The van der Waals surface area contributed by atoms with E-state index in [-0.39, 0.29) is 0 Å². The first-order valence-electron chi connectivity index (χ1n) is 11.8. The maximum Gasteiger partial charge on any atom is 0.137 e. The summed E-state index contributed by atoms with van der Waals surface area (Å²) >= 11 is 0. The fraction of sp³-hybridized carbons (Fsp3) is 0.720. The van der Waals surface area contributed by atoms with Crippen LogP contribution in [0.25, 0.3) is 0 Å². The highest BCUT2D eigenvalue weighted by atomic mass is 16.5. The van der Waals surface area contributed by atoms with Crippen LogP contribution in [0, 0.1) is 0 Å². The lowest BCUT2D eigenvalue weighted by molar-refractivity contribution is 0.213. The van der Waals surface area contributed by atoms with E-state index >= 15 is 0 Å². The van der Waals surface area contributed by atoms with Crippen molar-refractivity contribution >= 4 is 0 Å². The van der Waals surface area contributed by atoms with Crippen LogP contribution < -0.4 is 4.74 Å². The standard InChI is InChI=1S/C21H35N3O.2C2H6/c1-5-24(19(4)18(2)3)17-20-10-11-21(16-22-20)25-15-14-23-12-8-6-7-9-13-23;2*1-2/h10-11,16H,5-9,12-15,17H2,1-4H3;2*1-2H3. The summed E-state index contributed by atoms with van der Waals surface area (Å²) in [6.07, 6.45) is 7.28. The SMILES string of the molecule is CC.CC.CCN(Cc1ccc(OCCN2CCCCCC2)cn1)C(C)=C(C)C. The number of ether oxygens (including phenoxy) is 1. The van der Waals surface area contributed by atoms with Gasteiger partial charge in [-0.15, -0.1) is 0 Å². The topological polar surface area (TPSA) is 28.6 Å². The van der Waals surface area contributed by atoms with Crippen LogP contribution in [-0.4, -0.2) is 47.6 Å². The number of pyridine rings is 1. The Balaban J connectivity index is 0.00000184. The predicted molar refractivity (Wildman–Crippen MR) is 127 cm³/mol. The molecule has 0 amide bonds. The predicted octanol–water partition coefficient (Wildman–Crippen LogP) is 6.52. The highest BCUT2D eigenvalue weighted by Crippen LogP contribution is 2.15. The maximum atomic E-state index is 5.89. The van der Waals surface area contributed by atoms with Gasteiger partial charge >= 0.3 is 0 Å². The van der Waals surface area contributed by atoms with Crippen LogP contribution >= 0.6 is 0 Å². The van der Waals surface area contributed by atoms with E-state index in [0.29, 0.717) is 0 Å². The van der Waals surface area contributed by atoms with Gasteiger partial charge in [-0.2, -0.15) is 0 Å². The monoisotopic (exact) mass is 405 g/mol. The summed E-state index contributed by atoms with van der Waals surface area (Å²) in [4.78, 5) is 9.47. The lowest BCUT2D eigenvalue weighted by Crippen LogP contribution is -2.29. The molecule has 0 bridgehead atoms. The van der Waals surface area contributed by atoms with Crippen LogP contribution in [0.1, 0.15) is 86.8 Å². The van der Waals surface area contributed by atoms with Crippen molar-refractivity contribution in [2.24, 2.45) is 0 Å². The highest BCUT2D eigenvalue weighted by molar-refractivity contribution is 5.20. The van der Waals surface area contributed by atoms with Crippen LogP contribution in [0.15, 0.2) is 29.6 Å². The quantitative estimate of drug-likeness (QED) is 0.492. The molecule has 0 radical (unpaired) electrons. The Morgan fingerprint density at radius 3 is 2.10 bits per heavy atom. The normalized spacial score (nSPS) is 13.8. The van der Waals surface area contributed by atoms with Gasteiger partial charge in [0.1, 0.15) is 12.4 Å². The average molecular weight is 406 g/mol. The van der Waals surface area contributed by atoms with Crippen LogP contribution in [0.2, 0.25) is 0 Å². The molecular formula is C25H47N3O. The molecule has 1 aliphatic rings. The Hall–Kier alpha value is -1.55. The highest BCUT2D eigenvalue weighted by Gasteiger charge is 2.09. The minimum absolute atomic E-state index is 0.749. The molecule has 1 aliphatic heterocycles. The number of rotatable bonds is 8. The lowest BCUT2D eigenvalue weighted by atomic mass is 10.2. The molecule has 1 saturated heterocycles. The van der Waals surface area contributed by atoms with E-state index in [0.717, 1.165) is 37.7 Å². The summed E-state index contributed by atoms with van der Waals surface area (Å²) in [6.45, 7) is 22.7. The van der Waals surface area contributed by atoms with Gasteiger partial charge < -0.3 is 9.64 Å². The first-order chi connectivity index (χ1) is 14.1. The van der Waals surface area contributed by atoms with Crippen molar-refractivity contribution in [3.05, 3.63) is 35.3 Å². The van der Waals surface area contributed by atoms with Crippen molar-refractivity contribution in [3.8, 4) is 5.75 Å². The maximum absolute atomic E-state index is 5.89. The molecule has 168 valence electrons. The number of hydrogen-bond donors (Lipinski definition) is 0. The van der Waals surface area contributed by atoms with Crippen LogP contribution in [0.4, 0.5) is 0 Å². The number of hydrogen-bond acceptors (Lipinski definition) is 4. The summed E-state index contributed by atoms with van der Waals surface area (Å²) in [5, 5.41) is 0. The van der Waals surface area contributed by atoms with E-state index in [9.17, 15) is 0 Å². The van der Waals surface area contributed by atoms with Crippen molar-refractivity contribution < 1.29 is 4.74 Å². The van der Waals surface area contributed by atoms with Crippen molar-refractivity contribution in [2.45, 2.75) is 87.6 Å². The molecule has 4 heteroatoms. The molecule has 0 spiro atoms. The molecule has 0 atom stereocenters. The Morgan fingerprint density at radius 2 is 1.62 bits per heavy atom. The zero-order chi connectivity index (χ0) is 22.1. The second-order valence-corrected chi connectivity index (χ2v) is 7.19. The molecule has 1 aromatic rings. The second kappa shape index (κ2) is 17.3. The molecule has 2 rings (SSSR count). The zero-order valence-electron chi connectivity index (χ0n) is 20.6. The van der Waals surface area contributed by atoms with E-state index < -0.39 is 0 Å². The largest absolute Gasteiger partial charge is 0.491 e. The van der Waals surface area contributed by atoms with Gasteiger partial charge in [0.05, 0.1) is 18.4 Å². The van der Waals surface area contributed by atoms with E-state index in [2.05, 4.69) is 54.6 Å². The summed E-state index contributed by atoms with van der Waals surface area (Å²) < 4.78 is 5.89. The minimum atomic E-state index is 0.749. The summed E-state index contributed by atoms with van der Waals surface area (Å²) in [5.41, 5.74) is 3.78. The van der Waals surface area contributed by atoms with Crippen LogP contribution in [-0.2, 0) is 6.54 Å². The number of allylic oxidation sites excluding steroid dienone is 2. The summed E-state index contributed by atoms with van der Waals surface area (Å²) in [7, 11) is 0.